The van der Waals surface area contributed by atoms with Crippen LogP contribution in [0, 0.1) is 5.41 Å². The van der Waals surface area contributed by atoms with Crippen LogP contribution in [-0.2, 0) is 0 Å². The third-order valence-corrected chi connectivity index (χ3v) is 3.06. The van der Waals surface area contributed by atoms with Gasteiger partial charge in [0.2, 0.25) is 0 Å². The van der Waals surface area contributed by atoms with E-state index in [1.54, 1.807) is 0 Å². The van der Waals surface area contributed by atoms with E-state index in [2.05, 4.69) is 4.90 Å². The van der Waals surface area contributed by atoms with Gasteiger partial charge in [0, 0.05) is 36.9 Å². The Morgan fingerprint density at radius 3 is 2.06 bits per heavy atom. The van der Waals surface area contributed by atoms with Crippen molar-refractivity contribution in [2.45, 2.75) is 13.8 Å². The zero-order chi connectivity index (χ0) is 13.5. The van der Waals surface area contributed by atoms with E-state index in [-0.39, 0.29) is 5.96 Å². The number of halogens is 1. The van der Waals surface area contributed by atoms with Crippen LogP contribution in [0.2, 0.25) is 5.02 Å². The molecular weight excluding hydrogens is 248 g/mol. The van der Waals surface area contributed by atoms with Crippen LogP contribution in [0.4, 0.5) is 5.69 Å². The van der Waals surface area contributed by atoms with E-state index in [1.165, 1.54) is 5.69 Å². The maximum absolute atomic E-state index is 7.36. The van der Waals surface area contributed by atoms with Gasteiger partial charge in [-0.2, -0.15) is 0 Å². The Bertz CT molecular complexity index is 369. The maximum atomic E-state index is 7.36. The molecule has 0 unspecified atom stereocenters. The molecule has 0 saturated carbocycles. The molecule has 1 aromatic carbocycles. The van der Waals surface area contributed by atoms with Crippen molar-refractivity contribution in [2.24, 2.45) is 5.73 Å². The molecule has 1 heterocycles. The molecule has 1 aromatic rings. The van der Waals surface area contributed by atoms with Crippen LogP contribution in [0.25, 0.3) is 0 Å². The number of benzene rings is 1. The van der Waals surface area contributed by atoms with Crippen LogP contribution in [0.5, 0.6) is 0 Å². The molecular formula is C13H21ClN4. The minimum absolute atomic E-state index is 0.163. The lowest BCUT2D eigenvalue weighted by Crippen LogP contribution is -2.50. The Morgan fingerprint density at radius 1 is 1.11 bits per heavy atom. The van der Waals surface area contributed by atoms with E-state index in [1.807, 2.05) is 43.0 Å². The second-order valence-electron chi connectivity index (χ2n) is 3.84. The molecule has 18 heavy (non-hydrogen) atoms. The summed E-state index contributed by atoms with van der Waals surface area (Å²) in [4.78, 5) is 4.15. The van der Waals surface area contributed by atoms with Gasteiger partial charge >= 0.3 is 0 Å². The van der Waals surface area contributed by atoms with Crippen LogP contribution in [-0.4, -0.2) is 37.0 Å². The standard InChI is InChI=1S/C11H15ClN4.C2H6/c12-9-1-3-10(4-2-9)15-5-7-16(8-6-15)11(13)14;1-2/h1-4H,5-8H2,(H3,13,14);1-2H3. The van der Waals surface area contributed by atoms with E-state index in [0.29, 0.717) is 0 Å². The number of anilines is 1. The topological polar surface area (TPSA) is 56.4 Å². The Kier molecular flexibility index (Phi) is 5.78. The lowest BCUT2D eigenvalue weighted by atomic mass is 10.2. The number of guanidine groups is 1. The molecule has 4 nitrogen and oxygen atoms in total. The van der Waals surface area contributed by atoms with E-state index < -0.39 is 0 Å². The summed E-state index contributed by atoms with van der Waals surface area (Å²) >= 11 is 5.84. The van der Waals surface area contributed by atoms with Gasteiger partial charge in [-0.1, -0.05) is 25.4 Å². The molecule has 1 aliphatic heterocycles. The molecule has 0 bridgehead atoms. The molecule has 1 saturated heterocycles. The summed E-state index contributed by atoms with van der Waals surface area (Å²) < 4.78 is 0. The summed E-state index contributed by atoms with van der Waals surface area (Å²) in [6.45, 7) is 7.39. The van der Waals surface area contributed by atoms with Gasteiger partial charge in [0.15, 0.2) is 5.96 Å². The third kappa shape index (κ3) is 3.81. The van der Waals surface area contributed by atoms with E-state index in [9.17, 15) is 0 Å². The van der Waals surface area contributed by atoms with Crippen LogP contribution < -0.4 is 10.6 Å². The maximum Gasteiger partial charge on any atom is 0.188 e. The molecule has 0 amide bonds. The Labute approximate surface area is 114 Å². The van der Waals surface area contributed by atoms with Crippen LogP contribution >= 0.6 is 11.6 Å². The first-order valence-electron chi connectivity index (χ1n) is 6.26. The predicted octanol–water partition coefficient (Wildman–Crippen LogP) is 2.38. The number of piperazine rings is 1. The SMILES string of the molecule is CC.N=C(N)N1CCN(c2ccc(Cl)cc2)CC1. The number of hydrogen-bond donors (Lipinski definition) is 2. The van der Waals surface area contributed by atoms with Crippen molar-refractivity contribution in [2.75, 3.05) is 31.1 Å². The van der Waals surface area contributed by atoms with Gasteiger partial charge in [0.05, 0.1) is 0 Å². The van der Waals surface area contributed by atoms with Crippen molar-refractivity contribution in [1.82, 2.24) is 4.90 Å². The third-order valence-electron chi connectivity index (χ3n) is 2.81. The Morgan fingerprint density at radius 2 is 1.61 bits per heavy atom. The fourth-order valence-corrected chi connectivity index (χ4v) is 1.98. The average molecular weight is 269 g/mol. The minimum Gasteiger partial charge on any atom is -0.370 e. The second-order valence-corrected chi connectivity index (χ2v) is 4.27. The molecule has 1 aliphatic rings. The first kappa shape index (κ1) is 14.6. The van der Waals surface area contributed by atoms with Gasteiger partial charge in [-0.05, 0) is 24.3 Å². The van der Waals surface area contributed by atoms with Crippen molar-refractivity contribution >= 4 is 23.2 Å². The van der Waals surface area contributed by atoms with Gasteiger partial charge in [0.25, 0.3) is 0 Å². The zero-order valence-corrected chi connectivity index (χ0v) is 11.7. The summed E-state index contributed by atoms with van der Waals surface area (Å²) in [7, 11) is 0. The highest BCUT2D eigenvalue weighted by molar-refractivity contribution is 6.30. The Hall–Kier alpha value is -1.42. The molecule has 0 radical (unpaired) electrons. The summed E-state index contributed by atoms with van der Waals surface area (Å²) in [5.74, 6) is 0.163. The van der Waals surface area contributed by atoms with Crippen molar-refractivity contribution in [3.8, 4) is 0 Å². The second kappa shape index (κ2) is 7.11. The van der Waals surface area contributed by atoms with E-state index >= 15 is 0 Å². The smallest absolute Gasteiger partial charge is 0.188 e. The van der Waals surface area contributed by atoms with Crippen LogP contribution in [0.1, 0.15) is 13.8 Å². The normalized spacial score (nSPS) is 14.8. The van der Waals surface area contributed by atoms with Crippen molar-refractivity contribution in [3.05, 3.63) is 29.3 Å². The largest absolute Gasteiger partial charge is 0.370 e. The average Bonchev–Trinajstić information content (AvgIpc) is 2.42. The Balaban J connectivity index is 0.000000771. The highest BCUT2D eigenvalue weighted by atomic mass is 35.5. The molecule has 0 atom stereocenters. The molecule has 1 fully saturated rings. The highest BCUT2D eigenvalue weighted by Gasteiger charge is 2.17. The quantitative estimate of drug-likeness (QED) is 0.607. The van der Waals surface area contributed by atoms with Gasteiger partial charge in [-0.25, -0.2) is 0 Å². The molecule has 5 heteroatoms. The monoisotopic (exact) mass is 268 g/mol. The van der Waals surface area contributed by atoms with Gasteiger partial charge < -0.3 is 15.5 Å². The number of nitrogens with one attached hydrogen (secondary N) is 1. The molecule has 0 aromatic heterocycles. The summed E-state index contributed by atoms with van der Waals surface area (Å²) in [5.41, 5.74) is 6.62. The van der Waals surface area contributed by atoms with Gasteiger partial charge in [-0.15, -0.1) is 0 Å². The van der Waals surface area contributed by atoms with Crippen LogP contribution in [0.3, 0.4) is 0 Å². The van der Waals surface area contributed by atoms with Crippen molar-refractivity contribution in [3.63, 3.8) is 0 Å². The summed E-state index contributed by atoms with van der Waals surface area (Å²) in [6, 6.07) is 7.83. The van der Waals surface area contributed by atoms with Crippen molar-refractivity contribution < 1.29 is 0 Å². The number of hydrogen-bond acceptors (Lipinski definition) is 2. The number of nitrogens with two attached hydrogens (primary N) is 1. The molecule has 3 N–H and O–H groups in total. The van der Waals surface area contributed by atoms with Gasteiger partial charge in [-0.3, -0.25) is 5.41 Å². The van der Waals surface area contributed by atoms with E-state index in [4.69, 9.17) is 22.7 Å². The first-order chi connectivity index (χ1) is 8.66. The predicted molar refractivity (Wildman–Crippen MR) is 78.5 cm³/mol. The van der Waals surface area contributed by atoms with Crippen LogP contribution in [0.15, 0.2) is 24.3 Å². The summed E-state index contributed by atoms with van der Waals surface area (Å²) in [6.07, 6.45) is 0. The van der Waals surface area contributed by atoms with Gasteiger partial charge in [0.1, 0.15) is 0 Å². The first-order valence-corrected chi connectivity index (χ1v) is 6.64. The van der Waals surface area contributed by atoms with E-state index in [0.717, 1.165) is 31.2 Å². The minimum atomic E-state index is 0.163. The number of rotatable bonds is 1. The lowest BCUT2D eigenvalue weighted by molar-refractivity contribution is 0.380. The highest BCUT2D eigenvalue weighted by Crippen LogP contribution is 2.19. The fourth-order valence-electron chi connectivity index (χ4n) is 1.86. The zero-order valence-electron chi connectivity index (χ0n) is 11.0. The summed E-state index contributed by atoms with van der Waals surface area (Å²) in [5, 5.41) is 8.11. The molecule has 0 spiro atoms. The lowest BCUT2D eigenvalue weighted by Gasteiger charge is -2.36. The molecule has 2 rings (SSSR count). The fraction of sp³-hybridized carbons (Fsp3) is 0.462. The molecule has 0 aliphatic carbocycles. The van der Waals surface area contributed by atoms with Crippen molar-refractivity contribution in [1.29, 1.82) is 5.41 Å². The number of nitrogens with zero attached hydrogens (tertiary/aromatic N) is 2. The molecule has 100 valence electrons.